The van der Waals surface area contributed by atoms with Crippen LogP contribution in [0.2, 0.25) is 0 Å². The predicted octanol–water partition coefficient (Wildman–Crippen LogP) is 2.48. The number of carbonyl (C=O) groups is 2. The van der Waals surface area contributed by atoms with E-state index in [4.69, 9.17) is 10.5 Å². The van der Waals surface area contributed by atoms with E-state index in [1.807, 2.05) is 42.0 Å². The Hall–Kier alpha value is -2.98. The van der Waals surface area contributed by atoms with E-state index in [0.717, 1.165) is 31.5 Å². The van der Waals surface area contributed by atoms with Crippen LogP contribution in [0, 0.1) is 30.1 Å². The van der Waals surface area contributed by atoms with Crippen molar-refractivity contribution in [1.29, 1.82) is 5.26 Å². The molecule has 0 unspecified atom stereocenters. The van der Waals surface area contributed by atoms with Crippen molar-refractivity contribution in [3.05, 3.63) is 46.4 Å². The summed E-state index contributed by atoms with van der Waals surface area (Å²) in [7, 11) is -1.55. The summed E-state index contributed by atoms with van der Waals surface area (Å²) < 4.78 is 27.8. The van der Waals surface area contributed by atoms with Gasteiger partial charge in [0.15, 0.2) is 0 Å². The van der Waals surface area contributed by atoms with Gasteiger partial charge in [-0.3, -0.25) is 10.0 Å². The Morgan fingerprint density at radius 2 is 1.76 bits per heavy atom. The van der Waals surface area contributed by atoms with Gasteiger partial charge in [-0.1, -0.05) is 12.1 Å². The molecular formula is C29H42N6O5S. The second-order valence-corrected chi connectivity index (χ2v) is 13.4. The molecule has 41 heavy (non-hydrogen) atoms. The molecule has 2 atom stereocenters. The lowest BCUT2D eigenvalue weighted by atomic mass is 9.87. The standard InChI is InChI=1S/C29H42N6O5S/c1-22-18-23(19-30)5-7-27(22)24-9-11-35(12-10-24)41(39,40)17-3-4-25-20-34(21-26(25)6-8-28(36)31-38)29(37)33-15-13-32(2)14-16-33/h3,5,7,17-18,24-26,38H,4,6,8-16,20-21H2,1-2H3,(H,31,36)/b17-3-/t25-,26+/m1/s1. The van der Waals surface area contributed by atoms with Gasteiger partial charge in [0.05, 0.1) is 11.6 Å². The third-order valence-corrected chi connectivity index (χ3v) is 10.5. The van der Waals surface area contributed by atoms with Crippen LogP contribution in [0.15, 0.2) is 29.7 Å². The highest BCUT2D eigenvalue weighted by molar-refractivity contribution is 7.92. The molecule has 0 spiro atoms. The van der Waals surface area contributed by atoms with E-state index < -0.39 is 15.9 Å². The highest BCUT2D eigenvalue weighted by Crippen LogP contribution is 2.33. The van der Waals surface area contributed by atoms with E-state index in [-0.39, 0.29) is 30.2 Å². The Morgan fingerprint density at radius 1 is 1.07 bits per heavy atom. The van der Waals surface area contributed by atoms with Gasteiger partial charge in [0.25, 0.3) is 0 Å². The summed E-state index contributed by atoms with van der Waals surface area (Å²) in [6.45, 7) is 6.89. The topological polar surface area (TPSA) is 137 Å². The number of piperazine rings is 1. The molecule has 12 heteroatoms. The number of hydroxylamine groups is 1. The van der Waals surface area contributed by atoms with Gasteiger partial charge in [-0.2, -0.15) is 9.57 Å². The first-order valence-electron chi connectivity index (χ1n) is 14.4. The van der Waals surface area contributed by atoms with E-state index in [2.05, 4.69) is 11.0 Å². The molecule has 3 amide bonds. The molecule has 11 nitrogen and oxygen atoms in total. The minimum Gasteiger partial charge on any atom is -0.324 e. The monoisotopic (exact) mass is 586 g/mol. The highest BCUT2D eigenvalue weighted by Gasteiger charge is 2.37. The quantitative estimate of drug-likeness (QED) is 0.353. The number of hydrogen-bond donors (Lipinski definition) is 2. The number of likely N-dealkylation sites (N-methyl/N-ethyl adjacent to an activating group) is 1. The maximum atomic E-state index is 13.2. The van der Waals surface area contributed by atoms with Crippen LogP contribution in [0.5, 0.6) is 0 Å². The fourth-order valence-corrected chi connectivity index (χ4v) is 7.57. The van der Waals surface area contributed by atoms with E-state index in [1.54, 1.807) is 11.6 Å². The van der Waals surface area contributed by atoms with E-state index in [0.29, 0.717) is 57.7 Å². The molecule has 4 rings (SSSR count). The van der Waals surface area contributed by atoms with Crippen LogP contribution >= 0.6 is 0 Å². The lowest BCUT2D eigenvalue weighted by Gasteiger charge is -2.35. The van der Waals surface area contributed by atoms with Crippen LogP contribution in [-0.4, -0.2) is 104 Å². The van der Waals surface area contributed by atoms with E-state index in [9.17, 15) is 18.0 Å². The molecule has 2 N–H and O–H groups in total. The van der Waals surface area contributed by atoms with Gasteiger partial charge in [0, 0.05) is 64.2 Å². The number of nitrogens with zero attached hydrogens (tertiary/aromatic N) is 5. The molecule has 0 aromatic heterocycles. The molecular weight excluding hydrogens is 544 g/mol. The zero-order chi connectivity index (χ0) is 29.6. The maximum Gasteiger partial charge on any atom is 0.320 e. The van der Waals surface area contributed by atoms with Gasteiger partial charge in [0.1, 0.15) is 0 Å². The maximum absolute atomic E-state index is 13.2. The average molecular weight is 587 g/mol. The summed E-state index contributed by atoms with van der Waals surface area (Å²) in [5, 5.41) is 19.3. The summed E-state index contributed by atoms with van der Waals surface area (Å²) in [5.74, 6) is -0.153. The third kappa shape index (κ3) is 7.86. The van der Waals surface area contributed by atoms with Gasteiger partial charge < -0.3 is 14.7 Å². The van der Waals surface area contributed by atoms with Crippen molar-refractivity contribution < 1.29 is 23.2 Å². The Balaban J connectivity index is 1.34. The number of rotatable bonds is 8. The minimum absolute atomic E-state index is 0.00539. The number of hydrogen-bond acceptors (Lipinski definition) is 7. The number of carbonyl (C=O) groups excluding carboxylic acids is 2. The minimum atomic E-state index is -3.58. The number of nitriles is 1. The summed E-state index contributed by atoms with van der Waals surface area (Å²) in [5.41, 5.74) is 4.54. The van der Waals surface area contributed by atoms with Gasteiger partial charge in [-0.05, 0) is 80.7 Å². The van der Waals surface area contributed by atoms with Crippen LogP contribution in [0.1, 0.15) is 54.7 Å². The predicted molar refractivity (Wildman–Crippen MR) is 154 cm³/mol. The third-order valence-electron chi connectivity index (χ3n) is 8.85. The Kier molecular flexibility index (Phi) is 10.4. The molecule has 1 aromatic rings. The number of aryl methyl sites for hydroxylation is 1. The Morgan fingerprint density at radius 3 is 2.39 bits per heavy atom. The number of amides is 3. The van der Waals surface area contributed by atoms with Crippen LogP contribution in [-0.2, 0) is 14.8 Å². The lowest BCUT2D eigenvalue weighted by Crippen LogP contribution is -2.51. The van der Waals surface area contributed by atoms with Crippen molar-refractivity contribution in [2.45, 2.75) is 44.9 Å². The number of piperidine rings is 1. The number of urea groups is 1. The van der Waals surface area contributed by atoms with E-state index in [1.165, 1.54) is 15.3 Å². The van der Waals surface area contributed by atoms with Crippen LogP contribution in [0.25, 0.3) is 0 Å². The van der Waals surface area contributed by atoms with Crippen LogP contribution < -0.4 is 5.48 Å². The summed E-state index contributed by atoms with van der Waals surface area (Å²) in [4.78, 5) is 30.8. The second-order valence-electron chi connectivity index (χ2n) is 11.6. The summed E-state index contributed by atoms with van der Waals surface area (Å²) >= 11 is 0. The fourth-order valence-electron chi connectivity index (χ4n) is 6.32. The van der Waals surface area contributed by atoms with Crippen LogP contribution in [0.4, 0.5) is 4.79 Å². The molecule has 0 saturated carbocycles. The SMILES string of the molecule is Cc1cc(C#N)ccc1C1CCN(S(=O)(=O)/C=C\C[C@@H]2CN(C(=O)N3CCN(C)CC3)C[C@@H]2CCC(=O)NO)CC1. The van der Waals surface area contributed by atoms with Gasteiger partial charge in [0.2, 0.25) is 15.9 Å². The number of nitrogens with one attached hydrogen (secondary N) is 1. The average Bonchev–Trinajstić information content (AvgIpc) is 3.38. The van der Waals surface area contributed by atoms with Crippen molar-refractivity contribution in [2.75, 3.05) is 59.4 Å². The Bertz CT molecular complexity index is 1260. The van der Waals surface area contributed by atoms with Crippen molar-refractivity contribution in [1.82, 2.24) is 24.5 Å². The number of allylic oxidation sites excluding steroid dienone is 1. The van der Waals surface area contributed by atoms with Gasteiger partial charge in [-0.15, -0.1) is 0 Å². The molecule has 3 aliphatic rings. The molecule has 0 radical (unpaired) electrons. The fraction of sp³-hybridized carbons (Fsp3) is 0.621. The molecule has 3 fully saturated rings. The zero-order valence-corrected chi connectivity index (χ0v) is 24.9. The van der Waals surface area contributed by atoms with Crippen molar-refractivity contribution in [2.24, 2.45) is 11.8 Å². The highest BCUT2D eigenvalue weighted by atomic mass is 32.2. The number of likely N-dealkylation sites (tertiary alicyclic amines) is 1. The summed E-state index contributed by atoms with van der Waals surface area (Å²) in [6, 6.07) is 7.85. The first-order chi connectivity index (χ1) is 19.6. The number of sulfonamides is 1. The first-order valence-corrected chi connectivity index (χ1v) is 15.9. The molecule has 3 aliphatic heterocycles. The normalized spacial score (nSPS) is 23.2. The largest absolute Gasteiger partial charge is 0.324 e. The molecule has 1 aromatic carbocycles. The molecule has 3 saturated heterocycles. The smallest absolute Gasteiger partial charge is 0.320 e. The van der Waals surface area contributed by atoms with Crippen molar-refractivity contribution in [3.63, 3.8) is 0 Å². The first kappa shape index (κ1) is 31.0. The number of benzene rings is 1. The lowest BCUT2D eigenvalue weighted by molar-refractivity contribution is -0.129. The van der Waals surface area contributed by atoms with Crippen molar-refractivity contribution >= 4 is 22.0 Å². The zero-order valence-electron chi connectivity index (χ0n) is 24.0. The second kappa shape index (κ2) is 13.8. The van der Waals surface area contributed by atoms with Gasteiger partial charge in [-0.25, -0.2) is 18.7 Å². The van der Waals surface area contributed by atoms with Crippen molar-refractivity contribution in [3.8, 4) is 6.07 Å². The molecule has 3 heterocycles. The molecule has 224 valence electrons. The van der Waals surface area contributed by atoms with Crippen LogP contribution in [0.3, 0.4) is 0 Å². The van der Waals surface area contributed by atoms with Gasteiger partial charge >= 0.3 is 6.03 Å². The Labute approximate surface area is 243 Å². The van der Waals surface area contributed by atoms with E-state index >= 15 is 0 Å². The molecule has 0 bridgehead atoms. The molecule has 0 aliphatic carbocycles. The summed E-state index contributed by atoms with van der Waals surface area (Å²) in [6.07, 6.45) is 4.27.